The Morgan fingerprint density at radius 3 is 1.44 bits per heavy atom. The quantitative estimate of drug-likeness (QED) is 0.504. The summed E-state index contributed by atoms with van der Waals surface area (Å²) in [4.78, 5) is 8.69. The number of aromatic hydroxyl groups is 2. The van der Waals surface area contributed by atoms with Gasteiger partial charge in [-0.1, -0.05) is 37.1 Å². The molecule has 0 bridgehead atoms. The van der Waals surface area contributed by atoms with Gasteiger partial charge in [-0.3, -0.25) is 9.98 Å². The van der Waals surface area contributed by atoms with Crippen LogP contribution in [0.5, 0.6) is 11.5 Å². The van der Waals surface area contributed by atoms with Crippen molar-refractivity contribution in [3.05, 3.63) is 59.7 Å². The third-order valence-corrected chi connectivity index (χ3v) is 3.66. The van der Waals surface area contributed by atoms with E-state index >= 15 is 0 Å². The molecule has 2 N–H and O–H groups in total. The van der Waals surface area contributed by atoms with Crippen molar-refractivity contribution in [2.24, 2.45) is 9.98 Å². The normalized spacial score (nSPS) is 11.0. The van der Waals surface area contributed by atoms with Gasteiger partial charge in [0.2, 0.25) is 0 Å². The number of phenols is 2. The van der Waals surface area contributed by atoms with Gasteiger partial charge in [0.05, 0.1) is 0 Å². The van der Waals surface area contributed by atoms with E-state index in [0.717, 1.165) is 49.9 Å². The molecule has 0 aliphatic carbocycles. The Morgan fingerprint density at radius 2 is 1.04 bits per heavy atom. The molecule has 0 fully saturated rings. The minimum Gasteiger partial charge on any atom is -0.507 e. The number of aliphatic imine (C=N–C) groups is 2. The van der Waals surface area contributed by atoms with Crippen LogP contribution in [0.15, 0.2) is 58.5 Å². The first-order chi connectivity index (χ1) is 11.8. The van der Waals surface area contributed by atoms with E-state index in [1.165, 1.54) is 0 Å². The number of hydrogen-bond acceptors (Lipinski definition) is 4. The number of unbranched alkanes of at least 4 members (excludes halogenated alkanes) is 3. The zero-order valence-electron chi connectivity index (χ0n) is 14.1. The standard InChI is InChI=1S/C20H24N2O2.Co/c23-19-11-5-3-9-17(19)15-21-13-7-1-2-8-14-22-16-18-10-4-6-12-20(18)24;/h3-6,9-12,15-16,23-24H,1-2,7-8,13-14H2;/q;+2. The average Bonchev–Trinajstić information content (AvgIpc) is 2.59. The van der Waals surface area contributed by atoms with Crippen LogP contribution >= 0.6 is 0 Å². The summed E-state index contributed by atoms with van der Waals surface area (Å²) < 4.78 is 0. The maximum Gasteiger partial charge on any atom is 2.00 e. The number of para-hydroxylation sites is 2. The predicted molar refractivity (Wildman–Crippen MR) is 99.6 cm³/mol. The summed E-state index contributed by atoms with van der Waals surface area (Å²) in [5.41, 5.74) is 1.52. The largest absolute Gasteiger partial charge is 2.00 e. The van der Waals surface area contributed by atoms with Crippen LogP contribution in [-0.2, 0) is 16.8 Å². The molecule has 0 saturated carbocycles. The van der Waals surface area contributed by atoms with Crippen molar-refractivity contribution in [1.82, 2.24) is 0 Å². The molecular weight excluding hydrogens is 359 g/mol. The van der Waals surface area contributed by atoms with E-state index in [9.17, 15) is 10.2 Å². The van der Waals surface area contributed by atoms with Crippen LogP contribution in [0, 0.1) is 0 Å². The Morgan fingerprint density at radius 1 is 0.640 bits per heavy atom. The van der Waals surface area contributed by atoms with E-state index in [2.05, 4.69) is 9.98 Å². The molecule has 0 heterocycles. The number of nitrogens with zero attached hydrogens (tertiary/aromatic N) is 2. The van der Waals surface area contributed by atoms with E-state index in [0.29, 0.717) is 0 Å². The van der Waals surface area contributed by atoms with Gasteiger partial charge < -0.3 is 10.2 Å². The monoisotopic (exact) mass is 383 g/mol. The minimum absolute atomic E-state index is 0. The van der Waals surface area contributed by atoms with Crippen LogP contribution in [0.4, 0.5) is 0 Å². The number of rotatable bonds is 9. The average molecular weight is 383 g/mol. The predicted octanol–water partition coefficient (Wildman–Crippen LogP) is 4.19. The van der Waals surface area contributed by atoms with Crippen molar-refractivity contribution in [2.75, 3.05) is 13.1 Å². The van der Waals surface area contributed by atoms with Gasteiger partial charge in [-0.2, -0.15) is 0 Å². The van der Waals surface area contributed by atoms with Crippen LogP contribution in [0.25, 0.3) is 0 Å². The van der Waals surface area contributed by atoms with Crippen LogP contribution in [0.2, 0.25) is 0 Å². The van der Waals surface area contributed by atoms with Gasteiger partial charge in [0.25, 0.3) is 0 Å². The Balaban J connectivity index is 0.00000312. The molecule has 1 radical (unpaired) electrons. The van der Waals surface area contributed by atoms with Gasteiger partial charge in [0.15, 0.2) is 0 Å². The summed E-state index contributed by atoms with van der Waals surface area (Å²) in [7, 11) is 0. The van der Waals surface area contributed by atoms with Crippen molar-refractivity contribution >= 4 is 12.4 Å². The molecule has 0 amide bonds. The van der Waals surface area contributed by atoms with Gasteiger partial charge in [0.1, 0.15) is 11.5 Å². The third-order valence-electron chi connectivity index (χ3n) is 3.66. The Kier molecular flexibility index (Phi) is 10.3. The summed E-state index contributed by atoms with van der Waals surface area (Å²) in [6, 6.07) is 14.4. The van der Waals surface area contributed by atoms with Crippen molar-refractivity contribution in [3.8, 4) is 11.5 Å². The van der Waals surface area contributed by atoms with Crippen molar-refractivity contribution < 1.29 is 27.0 Å². The van der Waals surface area contributed by atoms with Crippen molar-refractivity contribution in [3.63, 3.8) is 0 Å². The molecule has 0 aliphatic heterocycles. The minimum atomic E-state index is 0. The molecule has 5 heteroatoms. The molecule has 2 aromatic carbocycles. The number of benzene rings is 2. The fourth-order valence-corrected chi connectivity index (χ4v) is 2.28. The number of hydrogen-bond donors (Lipinski definition) is 2. The summed E-state index contributed by atoms with van der Waals surface area (Å²) in [5.74, 6) is 0.534. The van der Waals surface area contributed by atoms with Crippen LogP contribution in [-0.4, -0.2) is 35.7 Å². The molecule has 4 nitrogen and oxygen atoms in total. The fourth-order valence-electron chi connectivity index (χ4n) is 2.28. The molecule has 25 heavy (non-hydrogen) atoms. The van der Waals surface area contributed by atoms with Gasteiger partial charge >= 0.3 is 16.8 Å². The summed E-state index contributed by atoms with van der Waals surface area (Å²) in [5, 5.41) is 19.2. The molecule has 0 spiro atoms. The van der Waals surface area contributed by atoms with Gasteiger partial charge in [0, 0.05) is 36.6 Å². The van der Waals surface area contributed by atoms with E-state index in [1.807, 2.05) is 24.3 Å². The summed E-state index contributed by atoms with van der Waals surface area (Å²) in [6.07, 6.45) is 7.76. The second-order valence-corrected chi connectivity index (χ2v) is 5.60. The second kappa shape index (κ2) is 12.3. The smallest absolute Gasteiger partial charge is 0.507 e. The Hall–Kier alpha value is -2.11. The molecule has 133 valence electrons. The van der Waals surface area contributed by atoms with Crippen LogP contribution in [0.1, 0.15) is 36.8 Å². The van der Waals surface area contributed by atoms with E-state index in [4.69, 9.17) is 0 Å². The first kappa shape index (κ1) is 20.9. The van der Waals surface area contributed by atoms with Crippen LogP contribution in [0.3, 0.4) is 0 Å². The molecule has 2 aromatic rings. The second-order valence-electron chi connectivity index (χ2n) is 5.60. The number of phenolic OH excluding ortho intramolecular Hbond substituents is 2. The molecule has 2 rings (SSSR count). The Labute approximate surface area is 159 Å². The van der Waals surface area contributed by atoms with Gasteiger partial charge in [-0.05, 0) is 37.1 Å². The molecule has 0 saturated heterocycles. The molecular formula is C20H24CoN2O2+2. The van der Waals surface area contributed by atoms with E-state index in [1.54, 1.807) is 36.7 Å². The zero-order valence-corrected chi connectivity index (χ0v) is 15.2. The topological polar surface area (TPSA) is 65.2 Å². The maximum absolute atomic E-state index is 9.61. The first-order valence-corrected chi connectivity index (χ1v) is 8.33. The third kappa shape index (κ3) is 8.00. The van der Waals surface area contributed by atoms with E-state index < -0.39 is 0 Å². The van der Waals surface area contributed by atoms with Gasteiger partial charge in [-0.25, -0.2) is 0 Å². The fraction of sp³-hybridized carbons (Fsp3) is 0.300. The molecule has 0 unspecified atom stereocenters. The summed E-state index contributed by atoms with van der Waals surface area (Å²) >= 11 is 0. The first-order valence-electron chi connectivity index (χ1n) is 8.33. The van der Waals surface area contributed by atoms with E-state index in [-0.39, 0.29) is 28.3 Å². The zero-order chi connectivity index (χ0) is 17.0. The SMILES string of the molecule is Oc1ccccc1C=NCCCCCCN=Cc1ccccc1O.[Co+2]. The maximum atomic E-state index is 9.61. The van der Waals surface area contributed by atoms with Gasteiger partial charge in [-0.15, -0.1) is 0 Å². The summed E-state index contributed by atoms with van der Waals surface area (Å²) in [6.45, 7) is 1.55. The Bertz CT molecular complexity index is 627. The van der Waals surface area contributed by atoms with Crippen molar-refractivity contribution in [2.45, 2.75) is 25.7 Å². The molecule has 0 aromatic heterocycles. The van der Waals surface area contributed by atoms with Crippen LogP contribution < -0.4 is 0 Å². The van der Waals surface area contributed by atoms with Crippen molar-refractivity contribution in [1.29, 1.82) is 0 Å². The molecule has 0 atom stereocenters. The molecule has 0 aliphatic rings.